The quantitative estimate of drug-likeness (QED) is 0.732. The molecule has 0 saturated carbocycles. The number of likely N-dealkylation sites (tertiary alicyclic amines) is 1. The summed E-state index contributed by atoms with van der Waals surface area (Å²) in [4.78, 5) is 42.7. The maximum absolute atomic E-state index is 13.3. The lowest BCUT2D eigenvalue weighted by Gasteiger charge is -2.46. The molecule has 144 valence electrons. The Morgan fingerprint density at radius 1 is 1.04 bits per heavy atom. The largest absolute Gasteiger partial charge is 0.338 e. The van der Waals surface area contributed by atoms with Crippen LogP contribution in [0.3, 0.4) is 0 Å². The van der Waals surface area contributed by atoms with Crippen molar-refractivity contribution in [3.05, 3.63) is 68.8 Å². The van der Waals surface area contributed by atoms with E-state index in [-0.39, 0.29) is 29.2 Å². The van der Waals surface area contributed by atoms with Gasteiger partial charge in [-0.05, 0) is 23.9 Å². The Bertz CT molecular complexity index is 1000. The molecule has 0 N–H and O–H groups in total. The minimum absolute atomic E-state index is 0.0108. The number of pyridine rings is 1. The lowest BCUT2D eigenvalue weighted by atomic mass is 9.77. The molecule has 3 aliphatic heterocycles. The number of amides is 2. The Balaban J connectivity index is 1.54. The van der Waals surface area contributed by atoms with E-state index < -0.39 is 6.04 Å². The molecule has 6 nitrogen and oxygen atoms in total. The minimum Gasteiger partial charge on any atom is -0.338 e. The van der Waals surface area contributed by atoms with Gasteiger partial charge in [-0.15, -0.1) is 0 Å². The highest BCUT2D eigenvalue weighted by Crippen LogP contribution is 2.42. The monoisotopic (exact) mass is 395 g/mol. The second kappa shape index (κ2) is 6.74. The van der Waals surface area contributed by atoms with Crippen LogP contribution in [0, 0.1) is 5.92 Å². The van der Waals surface area contributed by atoms with E-state index in [1.165, 1.54) is 17.4 Å². The van der Waals surface area contributed by atoms with Crippen LogP contribution in [-0.4, -0.2) is 52.4 Å². The fraction of sp³-hybridized carbons (Fsp3) is 0.381. The molecule has 2 aromatic rings. The van der Waals surface area contributed by atoms with E-state index in [1.807, 2.05) is 39.9 Å². The molecule has 1 fully saturated rings. The average molecular weight is 395 g/mol. The fourth-order valence-electron chi connectivity index (χ4n) is 4.83. The molecule has 5 rings (SSSR count). The lowest BCUT2D eigenvalue weighted by Crippen LogP contribution is -2.54. The van der Waals surface area contributed by atoms with Gasteiger partial charge in [-0.25, -0.2) is 0 Å². The molecule has 0 aliphatic carbocycles. The maximum Gasteiger partial charge on any atom is 0.254 e. The Hall–Kier alpha value is -2.67. The summed E-state index contributed by atoms with van der Waals surface area (Å²) in [7, 11) is 0. The van der Waals surface area contributed by atoms with Gasteiger partial charge in [0.2, 0.25) is 5.91 Å². The van der Waals surface area contributed by atoms with E-state index >= 15 is 0 Å². The Kier molecular flexibility index (Phi) is 4.19. The molecule has 5 heterocycles. The predicted molar refractivity (Wildman–Crippen MR) is 107 cm³/mol. The Labute approximate surface area is 166 Å². The van der Waals surface area contributed by atoms with Crippen LogP contribution in [0.15, 0.2) is 52.0 Å². The van der Waals surface area contributed by atoms with Crippen molar-refractivity contribution in [3.63, 3.8) is 0 Å². The van der Waals surface area contributed by atoms with Crippen molar-refractivity contribution in [2.24, 2.45) is 5.92 Å². The van der Waals surface area contributed by atoms with Crippen molar-refractivity contribution < 1.29 is 9.59 Å². The second-order valence-corrected chi connectivity index (χ2v) is 8.51. The molecule has 1 saturated heterocycles. The molecule has 2 amide bonds. The third-order valence-electron chi connectivity index (χ3n) is 6.09. The van der Waals surface area contributed by atoms with E-state index in [0.29, 0.717) is 31.7 Å². The third kappa shape index (κ3) is 2.73. The van der Waals surface area contributed by atoms with Crippen LogP contribution in [0.25, 0.3) is 0 Å². The second-order valence-electron chi connectivity index (χ2n) is 7.73. The van der Waals surface area contributed by atoms with Crippen LogP contribution >= 0.6 is 11.3 Å². The molecule has 7 heteroatoms. The van der Waals surface area contributed by atoms with Crippen molar-refractivity contribution in [2.45, 2.75) is 18.4 Å². The van der Waals surface area contributed by atoms with Crippen molar-refractivity contribution in [1.82, 2.24) is 14.4 Å². The molecule has 0 aromatic carbocycles. The van der Waals surface area contributed by atoms with E-state index in [4.69, 9.17) is 0 Å². The van der Waals surface area contributed by atoms with E-state index in [9.17, 15) is 14.4 Å². The smallest absolute Gasteiger partial charge is 0.254 e. The molecule has 0 unspecified atom stereocenters. The maximum atomic E-state index is 13.3. The standard InChI is InChI=1S/C21H21N3O3S/c25-18-5-3-4-17-15-10-16(12-23(11-15)20(26)14-6-9-28-13-14)19(24(17)18)21(27)22-7-1-2-8-22/h1-6,9,13,15-16,19H,7-8,10-12H2/t15-,16+,19-/m1/s1. The van der Waals surface area contributed by atoms with Gasteiger partial charge < -0.3 is 9.80 Å². The predicted octanol–water partition coefficient (Wildman–Crippen LogP) is 2.11. The van der Waals surface area contributed by atoms with Gasteiger partial charge in [0, 0.05) is 55.2 Å². The molecule has 2 aromatic heterocycles. The van der Waals surface area contributed by atoms with Gasteiger partial charge in [-0.3, -0.25) is 19.0 Å². The number of fused-ring (bicyclic) bond motifs is 4. The molecule has 0 radical (unpaired) electrons. The summed E-state index contributed by atoms with van der Waals surface area (Å²) >= 11 is 1.51. The minimum atomic E-state index is -0.544. The number of carbonyl (C=O) groups excluding carboxylic acids is 2. The lowest BCUT2D eigenvalue weighted by molar-refractivity contribution is -0.136. The number of hydrogen-bond acceptors (Lipinski definition) is 4. The van der Waals surface area contributed by atoms with Gasteiger partial charge >= 0.3 is 0 Å². The molecular formula is C21H21N3O3S. The Morgan fingerprint density at radius 3 is 2.61 bits per heavy atom. The fourth-order valence-corrected chi connectivity index (χ4v) is 5.46. The zero-order valence-corrected chi connectivity index (χ0v) is 16.2. The first kappa shape index (κ1) is 17.4. The zero-order chi connectivity index (χ0) is 19.3. The zero-order valence-electron chi connectivity index (χ0n) is 15.4. The summed E-state index contributed by atoms with van der Waals surface area (Å²) < 4.78 is 1.70. The number of nitrogens with zero attached hydrogens (tertiary/aromatic N) is 3. The summed E-state index contributed by atoms with van der Waals surface area (Å²) in [5.41, 5.74) is 1.44. The number of aromatic nitrogens is 1. The Morgan fingerprint density at radius 2 is 1.86 bits per heavy atom. The summed E-state index contributed by atoms with van der Waals surface area (Å²) in [5, 5.41) is 3.77. The first-order valence-corrected chi connectivity index (χ1v) is 10.5. The summed E-state index contributed by atoms with van der Waals surface area (Å²) in [5.74, 6) is 0.0163. The van der Waals surface area contributed by atoms with Crippen molar-refractivity contribution in [3.8, 4) is 0 Å². The van der Waals surface area contributed by atoms with Crippen LogP contribution in [0.5, 0.6) is 0 Å². The van der Waals surface area contributed by atoms with Crippen LogP contribution < -0.4 is 5.56 Å². The highest BCUT2D eigenvalue weighted by Gasteiger charge is 2.45. The summed E-state index contributed by atoms with van der Waals surface area (Å²) in [6, 6.07) is 6.52. The average Bonchev–Trinajstić information content (AvgIpc) is 3.42. The van der Waals surface area contributed by atoms with Crippen molar-refractivity contribution in [2.75, 3.05) is 26.2 Å². The van der Waals surface area contributed by atoms with E-state index in [2.05, 4.69) is 0 Å². The third-order valence-corrected chi connectivity index (χ3v) is 6.77. The highest BCUT2D eigenvalue weighted by molar-refractivity contribution is 7.08. The molecule has 2 bridgehead atoms. The summed E-state index contributed by atoms with van der Waals surface area (Å²) in [6.07, 6.45) is 4.78. The van der Waals surface area contributed by atoms with Crippen molar-refractivity contribution >= 4 is 23.2 Å². The van der Waals surface area contributed by atoms with Gasteiger partial charge in [0.15, 0.2) is 0 Å². The number of thiophene rings is 1. The van der Waals surface area contributed by atoms with E-state index in [0.717, 1.165) is 12.1 Å². The van der Waals surface area contributed by atoms with E-state index in [1.54, 1.807) is 15.5 Å². The first-order valence-electron chi connectivity index (χ1n) is 9.60. The number of piperidine rings is 1. The highest BCUT2D eigenvalue weighted by atomic mass is 32.1. The van der Waals surface area contributed by atoms with Gasteiger partial charge in [0.05, 0.1) is 5.56 Å². The number of hydrogen-bond donors (Lipinski definition) is 0. The van der Waals surface area contributed by atoms with Gasteiger partial charge in [0.1, 0.15) is 6.04 Å². The first-order chi connectivity index (χ1) is 13.6. The number of rotatable bonds is 2. The van der Waals surface area contributed by atoms with Crippen LogP contribution in [-0.2, 0) is 4.79 Å². The molecule has 28 heavy (non-hydrogen) atoms. The molecule has 3 atom stereocenters. The summed E-state index contributed by atoms with van der Waals surface area (Å²) in [6.45, 7) is 2.25. The van der Waals surface area contributed by atoms with Crippen LogP contribution in [0.2, 0.25) is 0 Å². The molecule has 3 aliphatic rings. The van der Waals surface area contributed by atoms with Gasteiger partial charge in [-0.1, -0.05) is 18.2 Å². The van der Waals surface area contributed by atoms with Gasteiger partial charge in [-0.2, -0.15) is 11.3 Å². The normalized spacial score (nSPS) is 25.6. The van der Waals surface area contributed by atoms with Crippen LogP contribution in [0.1, 0.15) is 34.4 Å². The topological polar surface area (TPSA) is 62.6 Å². The van der Waals surface area contributed by atoms with Crippen LogP contribution in [0.4, 0.5) is 0 Å². The molecular weight excluding hydrogens is 374 g/mol. The number of carbonyl (C=O) groups is 2. The van der Waals surface area contributed by atoms with Crippen molar-refractivity contribution in [1.29, 1.82) is 0 Å². The van der Waals surface area contributed by atoms with Gasteiger partial charge in [0.25, 0.3) is 11.5 Å². The SMILES string of the molecule is O=C(c1ccsc1)N1C[C@H]2C[C@@H](C1)[C@H](C(=O)N1CC=CC1)n1c2cccc1=O. The molecule has 0 spiro atoms.